The number of ether oxygens (including phenoxy) is 2. The van der Waals surface area contributed by atoms with Gasteiger partial charge in [0.25, 0.3) is 0 Å². The molecule has 1 saturated carbocycles. The van der Waals surface area contributed by atoms with E-state index in [-0.39, 0.29) is 11.7 Å². The van der Waals surface area contributed by atoms with Gasteiger partial charge in [0, 0.05) is 25.7 Å². The van der Waals surface area contributed by atoms with Crippen LogP contribution in [0.15, 0.2) is 0 Å². The van der Waals surface area contributed by atoms with Gasteiger partial charge in [-0.1, -0.05) is 19.3 Å². The highest BCUT2D eigenvalue weighted by Gasteiger charge is 2.46. The van der Waals surface area contributed by atoms with Gasteiger partial charge in [-0.15, -0.1) is 0 Å². The molecule has 2 saturated heterocycles. The number of nitrogens with one attached hydrogen (secondary N) is 1. The first-order valence-electron chi connectivity index (χ1n) is 9.23. The van der Waals surface area contributed by atoms with Gasteiger partial charge in [0.2, 0.25) is 0 Å². The lowest BCUT2D eigenvalue weighted by atomic mass is 9.73. The van der Waals surface area contributed by atoms with Crippen LogP contribution >= 0.6 is 0 Å². The van der Waals surface area contributed by atoms with Gasteiger partial charge in [-0.3, -0.25) is 0 Å². The van der Waals surface area contributed by atoms with Gasteiger partial charge in [0.15, 0.2) is 0 Å². The number of rotatable bonds is 2. The van der Waals surface area contributed by atoms with E-state index in [1.54, 1.807) is 0 Å². The fourth-order valence-corrected chi connectivity index (χ4v) is 4.02. The predicted molar refractivity (Wildman–Crippen MR) is 89.5 cm³/mol. The van der Waals surface area contributed by atoms with Crippen LogP contribution in [-0.4, -0.2) is 54.5 Å². The van der Waals surface area contributed by atoms with Crippen molar-refractivity contribution < 1.29 is 14.3 Å². The number of morpholine rings is 1. The summed E-state index contributed by atoms with van der Waals surface area (Å²) in [5.74, 6) is 0.870. The van der Waals surface area contributed by atoms with Gasteiger partial charge in [-0.25, -0.2) is 4.79 Å². The number of likely N-dealkylation sites (tertiary alicyclic amines) is 1. The molecule has 5 nitrogen and oxygen atoms in total. The molecule has 1 spiro atoms. The first-order valence-corrected chi connectivity index (χ1v) is 9.23. The summed E-state index contributed by atoms with van der Waals surface area (Å²) in [6.07, 6.45) is 7.00. The van der Waals surface area contributed by atoms with E-state index in [4.69, 9.17) is 9.47 Å². The summed E-state index contributed by atoms with van der Waals surface area (Å²) in [5.41, 5.74) is -0.506. The molecule has 1 aliphatic carbocycles. The molecule has 1 unspecified atom stereocenters. The number of carbonyl (C=O) groups excluding carboxylic acids is 1. The van der Waals surface area contributed by atoms with Gasteiger partial charge in [-0.05, 0) is 46.0 Å². The monoisotopic (exact) mass is 324 g/mol. The van der Waals surface area contributed by atoms with E-state index in [1.807, 2.05) is 25.7 Å². The van der Waals surface area contributed by atoms with Crippen molar-refractivity contribution >= 4 is 6.09 Å². The van der Waals surface area contributed by atoms with Crippen molar-refractivity contribution in [2.45, 2.75) is 76.5 Å². The average molecular weight is 324 g/mol. The Labute approximate surface area is 140 Å². The van der Waals surface area contributed by atoms with Crippen LogP contribution in [0.2, 0.25) is 0 Å². The minimum Gasteiger partial charge on any atom is -0.444 e. The Balaban J connectivity index is 1.57. The third-order valence-corrected chi connectivity index (χ3v) is 5.57. The maximum Gasteiger partial charge on any atom is 0.410 e. The Hall–Kier alpha value is -0.810. The number of hydrogen-bond acceptors (Lipinski definition) is 4. The van der Waals surface area contributed by atoms with Gasteiger partial charge in [-0.2, -0.15) is 0 Å². The van der Waals surface area contributed by atoms with Gasteiger partial charge < -0.3 is 19.7 Å². The molecule has 2 heterocycles. The van der Waals surface area contributed by atoms with Crippen molar-refractivity contribution in [1.29, 1.82) is 0 Å². The van der Waals surface area contributed by atoms with Crippen molar-refractivity contribution in [3.63, 3.8) is 0 Å². The maximum absolute atomic E-state index is 12.2. The van der Waals surface area contributed by atoms with Crippen molar-refractivity contribution in [3.05, 3.63) is 0 Å². The van der Waals surface area contributed by atoms with Gasteiger partial charge in [0.05, 0.1) is 12.2 Å². The lowest BCUT2D eigenvalue weighted by Crippen LogP contribution is -2.63. The fraction of sp³-hybridized carbons (Fsp3) is 0.944. The zero-order valence-corrected chi connectivity index (χ0v) is 14.9. The van der Waals surface area contributed by atoms with E-state index < -0.39 is 5.60 Å². The fourth-order valence-electron chi connectivity index (χ4n) is 4.02. The Morgan fingerprint density at radius 2 is 2.00 bits per heavy atom. The molecule has 1 amide bonds. The lowest BCUT2D eigenvalue weighted by molar-refractivity contribution is -0.132. The number of piperidine rings is 1. The van der Waals surface area contributed by atoms with E-state index in [1.165, 1.54) is 25.7 Å². The zero-order chi connectivity index (χ0) is 16.5. The number of amides is 1. The lowest BCUT2D eigenvalue weighted by Gasteiger charge is -2.50. The standard InChI is InChI=1S/C18H32N2O3/c1-17(2,3)23-16(21)20-10-7-18(8-11-20)15(19-9-12-22-18)13-14-5-4-6-14/h14-15,19H,4-13H2,1-3H3. The third kappa shape index (κ3) is 4.00. The van der Waals surface area contributed by atoms with Crippen molar-refractivity contribution in [1.82, 2.24) is 10.2 Å². The van der Waals surface area contributed by atoms with Crippen LogP contribution in [0.3, 0.4) is 0 Å². The predicted octanol–water partition coefficient (Wildman–Crippen LogP) is 2.93. The third-order valence-electron chi connectivity index (χ3n) is 5.57. The molecule has 3 rings (SSSR count). The van der Waals surface area contributed by atoms with Crippen LogP contribution in [0.1, 0.15) is 59.3 Å². The first kappa shape index (κ1) is 17.0. The second-order valence-corrected chi connectivity index (χ2v) is 8.42. The normalized spacial score (nSPS) is 28.5. The number of carbonyl (C=O) groups is 1. The average Bonchev–Trinajstić information content (AvgIpc) is 2.43. The molecule has 0 aromatic rings. The topological polar surface area (TPSA) is 50.8 Å². The van der Waals surface area contributed by atoms with Crippen molar-refractivity contribution in [2.75, 3.05) is 26.2 Å². The minimum atomic E-state index is -0.429. The second-order valence-electron chi connectivity index (χ2n) is 8.42. The second kappa shape index (κ2) is 6.60. The molecule has 0 radical (unpaired) electrons. The summed E-state index contributed by atoms with van der Waals surface area (Å²) in [4.78, 5) is 14.1. The SMILES string of the molecule is CC(C)(C)OC(=O)N1CCC2(CC1)OCCNC2CC1CCC1. The highest BCUT2D eigenvalue weighted by atomic mass is 16.6. The zero-order valence-electron chi connectivity index (χ0n) is 14.9. The molecule has 0 bridgehead atoms. The summed E-state index contributed by atoms with van der Waals surface area (Å²) >= 11 is 0. The Bertz CT molecular complexity index is 420. The van der Waals surface area contributed by atoms with E-state index in [0.29, 0.717) is 6.04 Å². The Kier molecular flexibility index (Phi) is 4.88. The molecule has 23 heavy (non-hydrogen) atoms. The first-order chi connectivity index (χ1) is 10.9. The van der Waals surface area contributed by atoms with Crippen LogP contribution in [0.25, 0.3) is 0 Å². The quantitative estimate of drug-likeness (QED) is 0.848. The molecule has 3 fully saturated rings. The van der Waals surface area contributed by atoms with Crippen LogP contribution in [0, 0.1) is 5.92 Å². The van der Waals surface area contributed by atoms with E-state index in [2.05, 4.69) is 5.32 Å². The van der Waals surface area contributed by atoms with Gasteiger partial charge in [0.1, 0.15) is 5.60 Å². The number of hydrogen-bond donors (Lipinski definition) is 1. The molecule has 0 aromatic carbocycles. The summed E-state index contributed by atoms with van der Waals surface area (Å²) < 4.78 is 11.8. The van der Waals surface area contributed by atoms with Gasteiger partial charge >= 0.3 is 6.09 Å². The number of nitrogens with zero attached hydrogens (tertiary/aromatic N) is 1. The van der Waals surface area contributed by atoms with E-state index in [9.17, 15) is 4.79 Å². The Morgan fingerprint density at radius 3 is 2.57 bits per heavy atom. The Morgan fingerprint density at radius 1 is 1.30 bits per heavy atom. The summed E-state index contributed by atoms with van der Waals surface area (Å²) in [7, 11) is 0. The van der Waals surface area contributed by atoms with Crippen molar-refractivity contribution in [3.8, 4) is 0 Å². The molecule has 1 atom stereocenters. The molecule has 2 aliphatic heterocycles. The molecular formula is C18H32N2O3. The van der Waals surface area contributed by atoms with Crippen LogP contribution in [0.4, 0.5) is 4.79 Å². The highest BCUT2D eigenvalue weighted by molar-refractivity contribution is 5.68. The van der Waals surface area contributed by atoms with E-state index in [0.717, 1.165) is 45.0 Å². The summed E-state index contributed by atoms with van der Waals surface area (Å²) in [6, 6.07) is 0.447. The minimum absolute atomic E-state index is 0.0770. The molecular weight excluding hydrogens is 292 g/mol. The van der Waals surface area contributed by atoms with Crippen LogP contribution < -0.4 is 5.32 Å². The van der Waals surface area contributed by atoms with Crippen LogP contribution in [0.5, 0.6) is 0 Å². The van der Waals surface area contributed by atoms with Crippen LogP contribution in [-0.2, 0) is 9.47 Å². The smallest absolute Gasteiger partial charge is 0.410 e. The summed E-state index contributed by atoms with van der Waals surface area (Å²) in [6.45, 7) is 8.95. The van der Waals surface area contributed by atoms with E-state index >= 15 is 0 Å². The molecule has 0 aromatic heterocycles. The highest BCUT2D eigenvalue weighted by Crippen LogP contribution is 2.39. The molecule has 5 heteroatoms. The molecule has 1 N–H and O–H groups in total. The maximum atomic E-state index is 12.2. The summed E-state index contributed by atoms with van der Waals surface area (Å²) in [5, 5.41) is 3.70. The molecule has 3 aliphatic rings. The molecule has 132 valence electrons. The largest absolute Gasteiger partial charge is 0.444 e. The van der Waals surface area contributed by atoms with Crippen molar-refractivity contribution in [2.24, 2.45) is 5.92 Å².